The van der Waals surface area contributed by atoms with Crippen molar-refractivity contribution in [2.45, 2.75) is 0 Å². The molecule has 0 saturated carbocycles. The van der Waals surface area contributed by atoms with Gasteiger partial charge >= 0.3 is 0 Å². The Labute approximate surface area is 132 Å². The third-order valence-electron chi connectivity index (χ3n) is 3.27. The van der Waals surface area contributed by atoms with Crippen LogP contribution in [0.3, 0.4) is 0 Å². The Hall–Kier alpha value is -1.84. The molecule has 0 amide bonds. The van der Waals surface area contributed by atoms with Crippen molar-refractivity contribution in [1.82, 2.24) is 5.32 Å². The molecule has 2 aromatic rings. The molecular formula is C16H12Cl2N2O. The summed E-state index contributed by atoms with van der Waals surface area (Å²) in [5.41, 5.74) is 2.01. The van der Waals surface area contributed by atoms with E-state index in [0.29, 0.717) is 21.2 Å². The van der Waals surface area contributed by atoms with Crippen LogP contribution in [0.4, 0.5) is 0 Å². The van der Waals surface area contributed by atoms with Gasteiger partial charge in [0.05, 0.1) is 11.6 Å². The molecule has 0 saturated heterocycles. The van der Waals surface area contributed by atoms with E-state index in [1.54, 1.807) is 30.3 Å². The van der Waals surface area contributed by atoms with Crippen LogP contribution in [0, 0.1) is 0 Å². The normalized spacial score (nSPS) is 13.7. The van der Waals surface area contributed by atoms with Crippen molar-refractivity contribution in [2.24, 2.45) is 4.99 Å². The largest absolute Gasteiger partial charge is 0.368 e. The van der Waals surface area contributed by atoms with E-state index in [2.05, 4.69) is 10.3 Å². The van der Waals surface area contributed by atoms with Gasteiger partial charge in [-0.2, -0.15) is 0 Å². The molecule has 0 fully saturated rings. The molecule has 3 nitrogen and oxygen atoms in total. The molecule has 0 atom stereocenters. The number of nitrogens with one attached hydrogen (secondary N) is 1. The molecule has 0 unspecified atom stereocenters. The molecule has 1 aliphatic rings. The van der Waals surface area contributed by atoms with Gasteiger partial charge in [0.25, 0.3) is 0 Å². The Morgan fingerprint density at radius 2 is 1.86 bits per heavy atom. The molecule has 5 heteroatoms. The van der Waals surface area contributed by atoms with Gasteiger partial charge in [0.15, 0.2) is 5.78 Å². The van der Waals surface area contributed by atoms with Crippen molar-refractivity contribution in [1.29, 1.82) is 0 Å². The molecule has 1 aliphatic heterocycles. The fourth-order valence-electron chi connectivity index (χ4n) is 2.20. The van der Waals surface area contributed by atoms with Gasteiger partial charge in [-0.05, 0) is 18.2 Å². The lowest BCUT2D eigenvalue weighted by Crippen LogP contribution is -2.19. The number of carbonyl (C=O) groups is 1. The summed E-state index contributed by atoms with van der Waals surface area (Å²) in [4.78, 5) is 16.8. The number of nitrogens with zero attached hydrogens (tertiary/aromatic N) is 1. The molecule has 3 rings (SSSR count). The zero-order valence-electron chi connectivity index (χ0n) is 11.1. The zero-order chi connectivity index (χ0) is 14.8. The van der Waals surface area contributed by atoms with E-state index in [1.807, 2.05) is 12.1 Å². The average molecular weight is 319 g/mol. The number of hydrogen-bond acceptors (Lipinski definition) is 3. The third-order valence-corrected chi connectivity index (χ3v) is 3.82. The molecule has 1 heterocycles. The van der Waals surface area contributed by atoms with Crippen LogP contribution in [0.15, 0.2) is 47.5 Å². The number of halogens is 2. The standard InChI is InChI=1S/C16H12Cl2N2O/c17-12-5-6-13(14(18)9-12)15(21)10-1-3-11(4-2-10)16-19-7-8-20-16/h1-6,9H,7-8H2,(H,19,20). The summed E-state index contributed by atoms with van der Waals surface area (Å²) in [5.74, 6) is 0.753. The van der Waals surface area contributed by atoms with Crippen LogP contribution in [-0.4, -0.2) is 24.7 Å². The predicted molar refractivity (Wildman–Crippen MR) is 85.7 cm³/mol. The Kier molecular flexibility index (Phi) is 3.95. The minimum Gasteiger partial charge on any atom is -0.368 e. The highest BCUT2D eigenvalue weighted by atomic mass is 35.5. The summed E-state index contributed by atoms with van der Waals surface area (Å²) in [7, 11) is 0. The SMILES string of the molecule is O=C(c1ccc(C2=NCCN2)cc1)c1ccc(Cl)cc1Cl. The first kappa shape index (κ1) is 14.1. The number of ketones is 1. The molecule has 1 N–H and O–H groups in total. The fraction of sp³-hybridized carbons (Fsp3) is 0.125. The molecule has 21 heavy (non-hydrogen) atoms. The maximum atomic E-state index is 12.4. The van der Waals surface area contributed by atoms with Crippen molar-refractivity contribution < 1.29 is 4.79 Å². The smallest absolute Gasteiger partial charge is 0.194 e. The Balaban J connectivity index is 1.88. The molecule has 0 radical (unpaired) electrons. The first-order chi connectivity index (χ1) is 10.1. The third kappa shape index (κ3) is 2.94. The van der Waals surface area contributed by atoms with Crippen LogP contribution in [-0.2, 0) is 0 Å². The molecule has 2 aromatic carbocycles. The summed E-state index contributed by atoms with van der Waals surface area (Å²) < 4.78 is 0. The number of benzene rings is 2. The highest BCUT2D eigenvalue weighted by molar-refractivity contribution is 6.37. The van der Waals surface area contributed by atoms with Gasteiger partial charge in [0.1, 0.15) is 5.84 Å². The molecular weight excluding hydrogens is 307 g/mol. The monoisotopic (exact) mass is 318 g/mol. The fourth-order valence-corrected chi connectivity index (χ4v) is 2.69. The van der Waals surface area contributed by atoms with Gasteiger partial charge in [-0.25, -0.2) is 0 Å². The van der Waals surface area contributed by atoms with Gasteiger partial charge in [-0.15, -0.1) is 0 Å². The predicted octanol–water partition coefficient (Wildman–Crippen LogP) is 3.57. The number of hydrogen-bond donors (Lipinski definition) is 1. The summed E-state index contributed by atoms with van der Waals surface area (Å²) in [6.45, 7) is 1.65. The van der Waals surface area contributed by atoms with E-state index in [0.717, 1.165) is 24.5 Å². The summed E-state index contributed by atoms with van der Waals surface area (Å²) in [6, 6.07) is 12.2. The summed E-state index contributed by atoms with van der Waals surface area (Å²) in [5, 5.41) is 4.07. The van der Waals surface area contributed by atoms with E-state index >= 15 is 0 Å². The van der Waals surface area contributed by atoms with Gasteiger partial charge < -0.3 is 5.32 Å². The summed E-state index contributed by atoms with van der Waals surface area (Å²) in [6.07, 6.45) is 0. The Morgan fingerprint density at radius 3 is 2.48 bits per heavy atom. The van der Waals surface area contributed by atoms with Gasteiger partial charge in [0.2, 0.25) is 0 Å². The number of amidine groups is 1. The number of carbonyl (C=O) groups excluding carboxylic acids is 1. The quantitative estimate of drug-likeness (QED) is 0.879. The van der Waals surface area contributed by atoms with Crippen molar-refractivity contribution in [2.75, 3.05) is 13.1 Å². The molecule has 0 spiro atoms. The van der Waals surface area contributed by atoms with Crippen molar-refractivity contribution >= 4 is 34.8 Å². The highest BCUT2D eigenvalue weighted by Gasteiger charge is 2.14. The van der Waals surface area contributed by atoms with E-state index in [1.165, 1.54) is 0 Å². The van der Waals surface area contributed by atoms with Crippen molar-refractivity contribution in [3.8, 4) is 0 Å². The lowest BCUT2D eigenvalue weighted by Gasteiger charge is -2.06. The topological polar surface area (TPSA) is 41.5 Å². The number of rotatable bonds is 3. The van der Waals surface area contributed by atoms with Crippen molar-refractivity contribution in [3.63, 3.8) is 0 Å². The van der Waals surface area contributed by atoms with Crippen LogP contribution < -0.4 is 5.32 Å². The Bertz CT molecular complexity index is 724. The van der Waals surface area contributed by atoms with E-state index < -0.39 is 0 Å². The first-order valence-corrected chi connectivity index (χ1v) is 7.29. The molecule has 0 aliphatic carbocycles. The second kappa shape index (κ2) is 5.88. The van der Waals surface area contributed by atoms with E-state index in [-0.39, 0.29) is 5.78 Å². The highest BCUT2D eigenvalue weighted by Crippen LogP contribution is 2.23. The van der Waals surface area contributed by atoms with Gasteiger partial charge in [0, 0.05) is 28.3 Å². The zero-order valence-corrected chi connectivity index (χ0v) is 12.6. The minimum atomic E-state index is -0.121. The average Bonchev–Trinajstić information content (AvgIpc) is 3.01. The lowest BCUT2D eigenvalue weighted by molar-refractivity contribution is 0.103. The minimum absolute atomic E-state index is 0.121. The second-order valence-corrected chi connectivity index (χ2v) is 5.53. The van der Waals surface area contributed by atoms with Crippen LogP contribution in [0.2, 0.25) is 10.0 Å². The maximum absolute atomic E-state index is 12.4. The van der Waals surface area contributed by atoms with Gasteiger partial charge in [-0.3, -0.25) is 9.79 Å². The first-order valence-electron chi connectivity index (χ1n) is 6.53. The van der Waals surface area contributed by atoms with Crippen LogP contribution in [0.1, 0.15) is 21.5 Å². The van der Waals surface area contributed by atoms with Crippen LogP contribution in [0.5, 0.6) is 0 Å². The molecule has 0 aromatic heterocycles. The molecule has 106 valence electrons. The van der Waals surface area contributed by atoms with Crippen molar-refractivity contribution in [3.05, 3.63) is 69.2 Å². The molecule has 0 bridgehead atoms. The van der Waals surface area contributed by atoms with Crippen LogP contribution >= 0.6 is 23.2 Å². The maximum Gasteiger partial charge on any atom is 0.194 e. The Morgan fingerprint density at radius 1 is 1.10 bits per heavy atom. The summed E-state index contributed by atoms with van der Waals surface area (Å²) >= 11 is 11.9. The van der Waals surface area contributed by atoms with E-state index in [4.69, 9.17) is 23.2 Å². The van der Waals surface area contributed by atoms with Gasteiger partial charge in [-0.1, -0.05) is 47.5 Å². The van der Waals surface area contributed by atoms with E-state index in [9.17, 15) is 4.79 Å². The second-order valence-electron chi connectivity index (χ2n) is 4.69. The lowest BCUT2D eigenvalue weighted by atomic mass is 10.0. The number of aliphatic imine (C=N–C) groups is 1. The van der Waals surface area contributed by atoms with Crippen LogP contribution in [0.25, 0.3) is 0 Å².